The molecule has 0 amide bonds. The Balaban J connectivity index is 2.19. The van der Waals surface area contributed by atoms with E-state index in [4.69, 9.17) is 10.7 Å². The molecule has 2 heterocycles. The molecular weight excluding hydrogens is 244 g/mol. The largest absolute Gasteiger partial charge is 0.358 e. The van der Waals surface area contributed by atoms with Crippen LogP contribution in [-0.4, -0.2) is 29.5 Å². The molecule has 2 rings (SSSR count). The molecule has 2 N–H and O–H groups in total. The Hall–Kier alpha value is -1.07. The quantitative estimate of drug-likeness (QED) is 0.783. The first kappa shape index (κ1) is 13.4. The molecule has 0 atom stereocenters. The van der Waals surface area contributed by atoms with E-state index in [-0.39, 0.29) is 0 Å². The van der Waals surface area contributed by atoms with E-state index < -0.39 is 0 Å². The number of anilines is 1. The van der Waals surface area contributed by atoms with Gasteiger partial charge in [-0.05, 0) is 13.0 Å². The minimum absolute atomic E-state index is 0.666. The summed E-state index contributed by atoms with van der Waals surface area (Å²) in [5.41, 5.74) is 6.96. The Morgan fingerprint density at radius 1 is 1.44 bits per heavy atom. The van der Waals surface area contributed by atoms with Crippen LogP contribution in [0.5, 0.6) is 0 Å². The van der Waals surface area contributed by atoms with Crippen molar-refractivity contribution in [3.63, 3.8) is 0 Å². The third kappa shape index (κ3) is 2.67. The number of imidazole rings is 1. The van der Waals surface area contributed by atoms with Crippen molar-refractivity contribution in [3.8, 4) is 0 Å². The summed E-state index contributed by atoms with van der Waals surface area (Å²) in [6, 6.07) is 0. The molecule has 0 fully saturated rings. The SMILES string of the molecule is CCCCCN(C)c1nc2sccn2c1CCN. The molecule has 0 unspecified atom stereocenters. The lowest BCUT2D eigenvalue weighted by Gasteiger charge is -2.18. The fourth-order valence-electron chi connectivity index (χ4n) is 2.20. The molecule has 100 valence electrons. The summed E-state index contributed by atoms with van der Waals surface area (Å²) in [4.78, 5) is 8.05. The van der Waals surface area contributed by atoms with Crippen molar-refractivity contribution in [2.24, 2.45) is 5.73 Å². The molecule has 18 heavy (non-hydrogen) atoms. The zero-order chi connectivity index (χ0) is 13.0. The second kappa shape index (κ2) is 6.20. The van der Waals surface area contributed by atoms with E-state index in [1.54, 1.807) is 11.3 Å². The predicted octanol–water partition coefficient (Wildman–Crippen LogP) is 2.52. The monoisotopic (exact) mass is 266 g/mol. The van der Waals surface area contributed by atoms with Crippen molar-refractivity contribution in [2.45, 2.75) is 32.6 Å². The summed E-state index contributed by atoms with van der Waals surface area (Å²) in [6.45, 7) is 3.96. The standard InChI is InChI=1S/C13H22N4S/c1-3-4-5-8-16(2)12-11(6-7-14)17-9-10-18-13(17)15-12/h9-10H,3-8,14H2,1-2H3. The van der Waals surface area contributed by atoms with E-state index in [9.17, 15) is 0 Å². The first-order valence-corrected chi connectivity index (χ1v) is 7.51. The van der Waals surface area contributed by atoms with Gasteiger partial charge in [-0.25, -0.2) is 4.98 Å². The minimum Gasteiger partial charge on any atom is -0.358 e. The van der Waals surface area contributed by atoms with Gasteiger partial charge in [0, 0.05) is 31.6 Å². The van der Waals surface area contributed by atoms with Crippen LogP contribution >= 0.6 is 11.3 Å². The number of fused-ring (bicyclic) bond motifs is 1. The number of aromatic nitrogens is 2. The number of hydrogen-bond donors (Lipinski definition) is 1. The average Bonchev–Trinajstić information content (AvgIpc) is 2.92. The average molecular weight is 266 g/mol. The number of unbranched alkanes of at least 4 members (excludes halogenated alkanes) is 2. The van der Waals surface area contributed by atoms with Crippen LogP contribution in [0, 0.1) is 0 Å². The van der Waals surface area contributed by atoms with E-state index in [1.807, 2.05) is 0 Å². The Morgan fingerprint density at radius 3 is 3.00 bits per heavy atom. The van der Waals surface area contributed by atoms with E-state index in [1.165, 1.54) is 25.0 Å². The Bertz CT molecular complexity index is 488. The van der Waals surface area contributed by atoms with Crippen LogP contribution in [0.25, 0.3) is 4.96 Å². The molecule has 0 spiro atoms. The molecule has 2 aromatic rings. The summed E-state index contributed by atoms with van der Waals surface area (Å²) < 4.78 is 2.17. The van der Waals surface area contributed by atoms with Gasteiger partial charge < -0.3 is 10.6 Å². The molecule has 4 nitrogen and oxygen atoms in total. The van der Waals surface area contributed by atoms with E-state index in [0.717, 1.165) is 23.7 Å². The third-order valence-electron chi connectivity index (χ3n) is 3.18. The maximum Gasteiger partial charge on any atom is 0.195 e. The lowest BCUT2D eigenvalue weighted by molar-refractivity contribution is 0.699. The zero-order valence-corrected chi connectivity index (χ0v) is 12.0. The van der Waals surface area contributed by atoms with Gasteiger partial charge in [0.15, 0.2) is 10.8 Å². The van der Waals surface area contributed by atoms with Gasteiger partial charge in [0.2, 0.25) is 0 Å². The topological polar surface area (TPSA) is 46.6 Å². The highest BCUT2D eigenvalue weighted by atomic mass is 32.1. The summed E-state index contributed by atoms with van der Waals surface area (Å²) in [6.07, 6.45) is 6.72. The number of rotatable bonds is 7. The number of thiazole rings is 1. The van der Waals surface area contributed by atoms with Crippen LogP contribution in [0.1, 0.15) is 31.9 Å². The predicted molar refractivity (Wildman–Crippen MR) is 78.6 cm³/mol. The zero-order valence-electron chi connectivity index (χ0n) is 11.2. The van der Waals surface area contributed by atoms with Gasteiger partial charge in [-0.1, -0.05) is 19.8 Å². The molecule has 0 saturated heterocycles. The summed E-state index contributed by atoms with van der Waals surface area (Å²) in [5, 5.41) is 2.07. The van der Waals surface area contributed by atoms with Crippen LogP contribution in [0.4, 0.5) is 5.82 Å². The van der Waals surface area contributed by atoms with E-state index >= 15 is 0 Å². The van der Waals surface area contributed by atoms with Crippen molar-refractivity contribution < 1.29 is 0 Å². The summed E-state index contributed by atoms with van der Waals surface area (Å²) in [5.74, 6) is 1.10. The van der Waals surface area contributed by atoms with Crippen molar-refractivity contribution in [1.29, 1.82) is 0 Å². The minimum atomic E-state index is 0.666. The first-order chi connectivity index (χ1) is 8.77. The van der Waals surface area contributed by atoms with Crippen molar-refractivity contribution in [1.82, 2.24) is 9.38 Å². The van der Waals surface area contributed by atoms with E-state index in [0.29, 0.717) is 6.54 Å². The van der Waals surface area contributed by atoms with Gasteiger partial charge >= 0.3 is 0 Å². The molecule has 0 aliphatic carbocycles. The second-order valence-corrected chi connectivity index (χ2v) is 5.48. The maximum absolute atomic E-state index is 5.71. The lowest BCUT2D eigenvalue weighted by atomic mass is 10.2. The second-order valence-electron chi connectivity index (χ2n) is 4.61. The van der Waals surface area contributed by atoms with Crippen molar-refractivity contribution in [2.75, 3.05) is 25.0 Å². The molecule has 0 aromatic carbocycles. The summed E-state index contributed by atoms with van der Waals surface area (Å²) >= 11 is 1.68. The first-order valence-electron chi connectivity index (χ1n) is 6.63. The molecule has 0 aliphatic heterocycles. The number of hydrogen-bond acceptors (Lipinski definition) is 4. The van der Waals surface area contributed by atoms with E-state index in [2.05, 4.69) is 34.8 Å². The van der Waals surface area contributed by atoms with Gasteiger partial charge in [0.05, 0.1) is 5.69 Å². The van der Waals surface area contributed by atoms with Crippen LogP contribution in [0.15, 0.2) is 11.6 Å². The molecule has 0 saturated carbocycles. The normalized spacial score (nSPS) is 11.3. The highest BCUT2D eigenvalue weighted by molar-refractivity contribution is 7.15. The lowest BCUT2D eigenvalue weighted by Crippen LogP contribution is -2.21. The molecule has 2 aromatic heterocycles. The highest BCUT2D eigenvalue weighted by Gasteiger charge is 2.15. The van der Waals surface area contributed by atoms with Crippen LogP contribution in [0.2, 0.25) is 0 Å². The third-order valence-corrected chi connectivity index (χ3v) is 3.94. The van der Waals surface area contributed by atoms with Crippen LogP contribution in [0.3, 0.4) is 0 Å². The summed E-state index contributed by atoms with van der Waals surface area (Å²) in [7, 11) is 2.13. The molecule has 5 heteroatoms. The Kier molecular flexibility index (Phi) is 4.60. The Labute approximate surface area is 112 Å². The van der Waals surface area contributed by atoms with Crippen LogP contribution < -0.4 is 10.6 Å². The van der Waals surface area contributed by atoms with Gasteiger partial charge in [-0.3, -0.25) is 4.40 Å². The smallest absolute Gasteiger partial charge is 0.195 e. The van der Waals surface area contributed by atoms with Gasteiger partial charge in [-0.2, -0.15) is 0 Å². The maximum atomic E-state index is 5.71. The van der Waals surface area contributed by atoms with Gasteiger partial charge in [-0.15, -0.1) is 11.3 Å². The highest BCUT2D eigenvalue weighted by Crippen LogP contribution is 2.24. The van der Waals surface area contributed by atoms with Crippen molar-refractivity contribution >= 4 is 22.1 Å². The fraction of sp³-hybridized carbons (Fsp3) is 0.615. The van der Waals surface area contributed by atoms with Crippen LogP contribution in [-0.2, 0) is 6.42 Å². The molecular formula is C13H22N4S. The number of nitrogens with two attached hydrogens (primary N) is 1. The molecule has 0 bridgehead atoms. The molecule has 0 radical (unpaired) electrons. The van der Waals surface area contributed by atoms with Gasteiger partial charge in [0.1, 0.15) is 0 Å². The van der Waals surface area contributed by atoms with Crippen molar-refractivity contribution in [3.05, 3.63) is 17.3 Å². The fourth-order valence-corrected chi connectivity index (χ4v) is 2.93. The molecule has 0 aliphatic rings. The number of nitrogens with zero attached hydrogens (tertiary/aromatic N) is 3. The Morgan fingerprint density at radius 2 is 2.28 bits per heavy atom. The van der Waals surface area contributed by atoms with Gasteiger partial charge in [0.25, 0.3) is 0 Å².